The summed E-state index contributed by atoms with van der Waals surface area (Å²) >= 11 is 0. The van der Waals surface area contributed by atoms with E-state index in [1.165, 1.54) is 12.1 Å². The Morgan fingerprint density at radius 2 is 1.86 bits per heavy atom. The topological polar surface area (TPSA) is 52.7 Å². The van der Waals surface area contributed by atoms with Crippen molar-refractivity contribution in [1.29, 1.82) is 0 Å². The standard InChI is InChI=1S/C16H20FN3O2/c1-11(21)19-8-12-2-7-15(10-19)20(9-12)16(22)18-14-5-3-13(17)4-6-14/h3-6,12,15H,2,7-10H2,1H3,(H,18,22)/t12-,15+/m1/s1. The second-order valence-corrected chi connectivity index (χ2v) is 6.11. The highest BCUT2D eigenvalue weighted by atomic mass is 19.1. The molecule has 2 atom stereocenters. The smallest absolute Gasteiger partial charge is 0.322 e. The molecule has 4 rings (SSSR count). The maximum Gasteiger partial charge on any atom is 0.322 e. The monoisotopic (exact) mass is 305 g/mol. The van der Waals surface area contributed by atoms with E-state index >= 15 is 0 Å². The van der Waals surface area contributed by atoms with Gasteiger partial charge < -0.3 is 15.1 Å². The van der Waals surface area contributed by atoms with E-state index < -0.39 is 0 Å². The molecular weight excluding hydrogens is 285 g/mol. The second kappa shape index (κ2) is 5.94. The number of halogens is 1. The Kier molecular flexibility index (Phi) is 4.00. The lowest BCUT2D eigenvalue weighted by Crippen LogP contribution is -2.49. The Morgan fingerprint density at radius 3 is 2.55 bits per heavy atom. The van der Waals surface area contributed by atoms with Crippen molar-refractivity contribution in [3.05, 3.63) is 30.1 Å². The molecule has 0 radical (unpaired) electrons. The van der Waals surface area contributed by atoms with Gasteiger partial charge >= 0.3 is 6.03 Å². The number of carbonyl (C=O) groups excluding carboxylic acids is 2. The average molecular weight is 305 g/mol. The number of hydrogen-bond acceptors (Lipinski definition) is 2. The molecule has 3 fully saturated rings. The van der Waals surface area contributed by atoms with E-state index in [1.54, 1.807) is 19.1 Å². The van der Waals surface area contributed by atoms with Gasteiger partial charge in [0.2, 0.25) is 5.91 Å². The fourth-order valence-corrected chi connectivity index (χ4v) is 3.32. The summed E-state index contributed by atoms with van der Waals surface area (Å²) in [6.07, 6.45) is 1.97. The van der Waals surface area contributed by atoms with Gasteiger partial charge in [0.1, 0.15) is 5.82 Å². The van der Waals surface area contributed by atoms with Crippen molar-refractivity contribution in [3.63, 3.8) is 0 Å². The number of nitrogens with one attached hydrogen (secondary N) is 1. The molecule has 5 nitrogen and oxygen atoms in total. The molecule has 1 N–H and O–H groups in total. The molecular formula is C16H20FN3O2. The molecule has 3 saturated heterocycles. The Bertz CT molecular complexity index is 575. The minimum atomic E-state index is -0.330. The first-order valence-corrected chi connectivity index (χ1v) is 7.61. The first-order valence-electron chi connectivity index (χ1n) is 7.61. The number of rotatable bonds is 1. The molecule has 2 bridgehead atoms. The Morgan fingerprint density at radius 1 is 1.14 bits per heavy atom. The number of piperidine rings is 1. The lowest BCUT2D eigenvalue weighted by atomic mass is 9.95. The molecule has 3 amide bonds. The van der Waals surface area contributed by atoms with Crippen molar-refractivity contribution >= 4 is 17.6 Å². The van der Waals surface area contributed by atoms with Gasteiger partial charge in [-0.15, -0.1) is 0 Å². The highest BCUT2D eigenvalue weighted by molar-refractivity contribution is 5.89. The van der Waals surface area contributed by atoms with Crippen molar-refractivity contribution in [1.82, 2.24) is 9.80 Å². The predicted octanol–water partition coefficient (Wildman–Crippen LogP) is 2.30. The molecule has 3 aliphatic heterocycles. The van der Waals surface area contributed by atoms with Crippen LogP contribution in [0.25, 0.3) is 0 Å². The van der Waals surface area contributed by atoms with Crippen LogP contribution >= 0.6 is 0 Å². The van der Waals surface area contributed by atoms with Crippen LogP contribution < -0.4 is 5.32 Å². The molecule has 22 heavy (non-hydrogen) atoms. The van der Waals surface area contributed by atoms with Gasteiger partial charge in [-0.3, -0.25) is 4.79 Å². The van der Waals surface area contributed by atoms with Gasteiger partial charge in [0, 0.05) is 32.2 Å². The molecule has 1 aromatic rings. The molecule has 6 heteroatoms. The Hall–Kier alpha value is -2.11. The highest BCUT2D eigenvalue weighted by Gasteiger charge is 2.37. The largest absolute Gasteiger partial charge is 0.341 e. The molecule has 3 heterocycles. The number of urea groups is 1. The maximum absolute atomic E-state index is 12.9. The molecule has 0 unspecified atom stereocenters. The number of carbonyl (C=O) groups is 2. The van der Waals surface area contributed by atoms with Gasteiger partial charge in [-0.1, -0.05) is 0 Å². The number of fused-ring (bicyclic) bond motifs is 4. The zero-order chi connectivity index (χ0) is 15.7. The van der Waals surface area contributed by atoms with E-state index in [9.17, 15) is 14.0 Å². The molecule has 0 aromatic heterocycles. The molecule has 0 aliphatic carbocycles. The normalized spacial score (nSPS) is 24.1. The van der Waals surface area contributed by atoms with Crippen LogP contribution in [0.15, 0.2) is 24.3 Å². The third-order valence-electron chi connectivity index (χ3n) is 4.52. The fourth-order valence-electron chi connectivity index (χ4n) is 3.32. The molecule has 0 spiro atoms. The third kappa shape index (κ3) is 3.05. The number of benzene rings is 1. The lowest BCUT2D eigenvalue weighted by Gasteiger charge is -2.35. The van der Waals surface area contributed by atoms with Gasteiger partial charge in [0.25, 0.3) is 0 Å². The van der Waals surface area contributed by atoms with Crippen molar-refractivity contribution in [2.45, 2.75) is 25.8 Å². The minimum Gasteiger partial charge on any atom is -0.341 e. The summed E-state index contributed by atoms with van der Waals surface area (Å²) in [5.74, 6) is 0.0724. The average Bonchev–Trinajstić information content (AvgIpc) is 2.81. The van der Waals surface area contributed by atoms with Gasteiger partial charge in [-0.05, 0) is 43.0 Å². The number of nitrogens with zero attached hydrogens (tertiary/aromatic N) is 2. The Labute approximate surface area is 129 Å². The molecule has 3 aliphatic rings. The lowest BCUT2D eigenvalue weighted by molar-refractivity contribution is -0.129. The minimum absolute atomic E-state index is 0.0584. The summed E-state index contributed by atoms with van der Waals surface area (Å²) < 4.78 is 12.9. The molecule has 118 valence electrons. The van der Waals surface area contributed by atoms with Crippen LogP contribution in [0.5, 0.6) is 0 Å². The molecule has 0 saturated carbocycles. The van der Waals surface area contributed by atoms with E-state index in [-0.39, 0.29) is 23.8 Å². The fraction of sp³-hybridized carbons (Fsp3) is 0.500. The number of amides is 3. The van der Waals surface area contributed by atoms with Crippen molar-refractivity contribution in [2.24, 2.45) is 5.92 Å². The summed E-state index contributed by atoms with van der Waals surface area (Å²) in [4.78, 5) is 27.8. The van der Waals surface area contributed by atoms with Crippen LogP contribution in [0.4, 0.5) is 14.9 Å². The van der Waals surface area contributed by atoms with Gasteiger partial charge in [-0.25, -0.2) is 9.18 Å². The van der Waals surface area contributed by atoms with Gasteiger partial charge in [0.05, 0.1) is 6.04 Å². The second-order valence-electron chi connectivity index (χ2n) is 6.11. The van der Waals surface area contributed by atoms with E-state index in [0.717, 1.165) is 19.4 Å². The van der Waals surface area contributed by atoms with Crippen LogP contribution in [-0.2, 0) is 4.79 Å². The third-order valence-corrected chi connectivity index (χ3v) is 4.52. The summed E-state index contributed by atoms with van der Waals surface area (Å²) in [6, 6.07) is 5.62. The Balaban J connectivity index is 1.70. The first-order chi connectivity index (χ1) is 10.5. The van der Waals surface area contributed by atoms with Crippen LogP contribution in [0.2, 0.25) is 0 Å². The maximum atomic E-state index is 12.9. The number of hydrogen-bond donors (Lipinski definition) is 1. The van der Waals surface area contributed by atoms with E-state index in [1.807, 2.05) is 9.80 Å². The summed E-state index contributed by atoms with van der Waals surface area (Å²) in [7, 11) is 0. The zero-order valence-corrected chi connectivity index (χ0v) is 12.6. The zero-order valence-electron chi connectivity index (χ0n) is 12.6. The van der Waals surface area contributed by atoms with Crippen molar-refractivity contribution < 1.29 is 14.0 Å². The first kappa shape index (κ1) is 14.8. The van der Waals surface area contributed by atoms with Crippen LogP contribution in [0, 0.1) is 11.7 Å². The van der Waals surface area contributed by atoms with E-state index in [0.29, 0.717) is 24.7 Å². The molecule has 1 aromatic carbocycles. The summed E-state index contributed by atoms with van der Waals surface area (Å²) in [5.41, 5.74) is 0.579. The highest BCUT2D eigenvalue weighted by Crippen LogP contribution is 2.28. The van der Waals surface area contributed by atoms with Gasteiger partial charge in [-0.2, -0.15) is 0 Å². The van der Waals surface area contributed by atoms with Crippen molar-refractivity contribution in [3.8, 4) is 0 Å². The summed E-state index contributed by atoms with van der Waals surface area (Å²) in [5, 5.41) is 2.81. The van der Waals surface area contributed by atoms with Crippen molar-refractivity contribution in [2.75, 3.05) is 25.0 Å². The van der Waals surface area contributed by atoms with E-state index in [4.69, 9.17) is 0 Å². The summed E-state index contributed by atoms with van der Waals surface area (Å²) in [6.45, 7) is 3.57. The van der Waals surface area contributed by atoms with Crippen LogP contribution in [0.1, 0.15) is 19.8 Å². The SMILES string of the molecule is CC(=O)N1C[C@H]2CC[C@@H](C1)N(C(=O)Nc1ccc(F)cc1)C2. The van der Waals surface area contributed by atoms with Gasteiger partial charge in [0.15, 0.2) is 0 Å². The predicted molar refractivity (Wildman–Crippen MR) is 80.9 cm³/mol. The van der Waals surface area contributed by atoms with Crippen LogP contribution in [0.3, 0.4) is 0 Å². The quantitative estimate of drug-likeness (QED) is 0.865. The van der Waals surface area contributed by atoms with Crippen LogP contribution in [-0.4, -0.2) is 47.4 Å². The van der Waals surface area contributed by atoms with E-state index in [2.05, 4.69) is 5.32 Å². The number of anilines is 1.